The SMILES string of the molecule is Cn1c(N)c(C(=O)COC(=O)c2ccc3ccccc3n2)c(=O)n(C)c1=O. The lowest BCUT2D eigenvalue weighted by molar-refractivity contribution is 0.0469. The number of aromatic nitrogens is 3. The van der Waals surface area contributed by atoms with Gasteiger partial charge in [-0.25, -0.2) is 14.6 Å². The summed E-state index contributed by atoms with van der Waals surface area (Å²) >= 11 is 0. The van der Waals surface area contributed by atoms with Crippen molar-refractivity contribution in [3.05, 3.63) is 68.5 Å². The Bertz CT molecular complexity index is 1190. The van der Waals surface area contributed by atoms with Crippen LogP contribution in [-0.4, -0.2) is 32.5 Å². The summed E-state index contributed by atoms with van der Waals surface area (Å²) in [6.07, 6.45) is 0. The standard InChI is InChI=1S/C18H16N4O5/c1-21-15(19)14(16(24)22(2)18(21)26)13(23)9-27-17(25)12-8-7-10-5-3-4-6-11(10)20-12/h3-8H,9,19H2,1-2H3. The summed E-state index contributed by atoms with van der Waals surface area (Å²) in [6.45, 7) is -0.703. The van der Waals surface area contributed by atoms with Crippen LogP contribution in [0, 0.1) is 0 Å². The zero-order chi connectivity index (χ0) is 19.7. The highest BCUT2D eigenvalue weighted by atomic mass is 16.5. The van der Waals surface area contributed by atoms with Crippen LogP contribution in [0.15, 0.2) is 46.0 Å². The monoisotopic (exact) mass is 368 g/mol. The number of nitrogen functional groups attached to an aromatic ring is 1. The third-order valence-electron chi connectivity index (χ3n) is 4.13. The molecule has 3 rings (SSSR count). The van der Waals surface area contributed by atoms with Crippen LogP contribution in [0.2, 0.25) is 0 Å². The van der Waals surface area contributed by atoms with Gasteiger partial charge in [-0.1, -0.05) is 24.3 Å². The third kappa shape index (κ3) is 3.22. The lowest BCUT2D eigenvalue weighted by Crippen LogP contribution is -2.42. The number of hydrogen-bond acceptors (Lipinski definition) is 7. The molecule has 0 fully saturated rings. The Kier molecular flexibility index (Phi) is 4.59. The molecule has 3 aromatic rings. The summed E-state index contributed by atoms with van der Waals surface area (Å²) in [6, 6.07) is 10.4. The Morgan fingerprint density at radius 3 is 2.52 bits per heavy atom. The van der Waals surface area contributed by atoms with E-state index in [0.717, 1.165) is 14.5 Å². The van der Waals surface area contributed by atoms with Crippen molar-refractivity contribution in [2.45, 2.75) is 0 Å². The number of hydrogen-bond donors (Lipinski definition) is 1. The van der Waals surface area contributed by atoms with Crippen molar-refractivity contribution in [3.63, 3.8) is 0 Å². The predicted molar refractivity (Wildman–Crippen MR) is 97.7 cm³/mol. The van der Waals surface area contributed by atoms with E-state index in [4.69, 9.17) is 10.5 Å². The highest BCUT2D eigenvalue weighted by Crippen LogP contribution is 2.12. The van der Waals surface area contributed by atoms with Gasteiger partial charge in [-0.15, -0.1) is 0 Å². The smallest absolute Gasteiger partial charge is 0.357 e. The van der Waals surface area contributed by atoms with E-state index in [1.54, 1.807) is 18.2 Å². The second-order valence-corrected chi connectivity index (χ2v) is 5.85. The summed E-state index contributed by atoms with van der Waals surface area (Å²) < 4.78 is 6.70. The Morgan fingerprint density at radius 1 is 1.07 bits per heavy atom. The molecule has 9 nitrogen and oxygen atoms in total. The van der Waals surface area contributed by atoms with Gasteiger partial charge in [-0.3, -0.25) is 18.7 Å². The zero-order valence-electron chi connectivity index (χ0n) is 14.6. The van der Waals surface area contributed by atoms with E-state index in [1.165, 1.54) is 20.2 Å². The highest BCUT2D eigenvalue weighted by molar-refractivity contribution is 6.02. The number of anilines is 1. The molecule has 9 heteroatoms. The minimum Gasteiger partial charge on any atom is -0.453 e. The van der Waals surface area contributed by atoms with Crippen LogP contribution in [0.3, 0.4) is 0 Å². The number of benzene rings is 1. The normalized spacial score (nSPS) is 10.7. The van der Waals surface area contributed by atoms with Crippen molar-refractivity contribution in [1.29, 1.82) is 0 Å². The molecular formula is C18H16N4O5. The number of pyridine rings is 1. The molecule has 0 radical (unpaired) electrons. The molecule has 0 bridgehead atoms. The number of esters is 1. The average Bonchev–Trinajstić information content (AvgIpc) is 2.68. The second kappa shape index (κ2) is 6.87. The first-order valence-electron chi connectivity index (χ1n) is 7.93. The highest BCUT2D eigenvalue weighted by Gasteiger charge is 2.22. The average molecular weight is 368 g/mol. The summed E-state index contributed by atoms with van der Waals surface area (Å²) in [5, 5.41) is 0.853. The lowest BCUT2D eigenvalue weighted by atomic mass is 10.2. The molecule has 0 unspecified atom stereocenters. The fourth-order valence-electron chi connectivity index (χ4n) is 2.58. The largest absolute Gasteiger partial charge is 0.453 e. The van der Waals surface area contributed by atoms with Gasteiger partial charge >= 0.3 is 11.7 Å². The summed E-state index contributed by atoms with van der Waals surface area (Å²) in [5.41, 5.74) is 4.43. The van der Waals surface area contributed by atoms with Crippen molar-refractivity contribution in [2.24, 2.45) is 14.1 Å². The number of carbonyl (C=O) groups excluding carboxylic acids is 2. The van der Waals surface area contributed by atoms with Crippen LogP contribution in [0.5, 0.6) is 0 Å². The van der Waals surface area contributed by atoms with E-state index in [-0.39, 0.29) is 11.5 Å². The number of nitrogens with two attached hydrogens (primary N) is 1. The van der Waals surface area contributed by atoms with E-state index < -0.39 is 35.2 Å². The Balaban J connectivity index is 1.82. The topological polar surface area (TPSA) is 126 Å². The number of Topliss-reactive ketones (excluding diaryl/α,β-unsaturated/α-hetero) is 1. The van der Waals surface area contributed by atoms with Gasteiger partial charge in [0, 0.05) is 19.5 Å². The fraction of sp³-hybridized carbons (Fsp3) is 0.167. The number of ketones is 1. The molecule has 0 saturated carbocycles. The molecule has 0 aliphatic heterocycles. The van der Waals surface area contributed by atoms with Crippen molar-refractivity contribution >= 4 is 28.5 Å². The van der Waals surface area contributed by atoms with Crippen LogP contribution >= 0.6 is 0 Å². The maximum Gasteiger partial charge on any atom is 0.357 e. The van der Waals surface area contributed by atoms with E-state index in [9.17, 15) is 19.2 Å². The lowest BCUT2D eigenvalue weighted by Gasteiger charge is -2.11. The van der Waals surface area contributed by atoms with Crippen LogP contribution in [0.4, 0.5) is 5.82 Å². The van der Waals surface area contributed by atoms with Crippen molar-refractivity contribution in [1.82, 2.24) is 14.1 Å². The molecule has 27 heavy (non-hydrogen) atoms. The number of fused-ring (bicyclic) bond motifs is 1. The first kappa shape index (κ1) is 18.1. The third-order valence-corrected chi connectivity index (χ3v) is 4.13. The fourth-order valence-corrected chi connectivity index (χ4v) is 2.58. The van der Waals surface area contributed by atoms with Crippen LogP contribution < -0.4 is 17.0 Å². The number of ether oxygens (including phenoxy) is 1. The number of para-hydroxylation sites is 1. The maximum absolute atomic E-state index is 12.3. The Morgan fingerprint density at radius 2 is 1.78 bits per heavy atom. The van der Waals surface area contributed by atoms with E-state index in [0.29, 0.717) is 5.52 Å². The Hall–Kier alpha value is -3.75. The molecule has 138 valence electrons. The minimum absolute atomic E-state index is 0.0304. The number of nitrogens with zero attached hydrogens (tertiary/aromatic N) is 3. The molecule has 2 heterocycles. The molecule has 0 spiro atoms. The molecule has 0 aliphatic carbocycles. The summed E-state index contributed by atoms with van der Waals surface area (Å²) in [4.78, 5) is 52.6. The van der Waals surface area contributed by atoms with E-state index in [2.05, 4.69) is 4.98 Å². The molecule has 2 N–H and O–H groups in total. The number of carbonyl (C=O) groups is 2. The van der Waals surface area contributed by atoms with Gasteiger partial charge in [0.2, 0.25) is 5.78 Å². The zero-order valence-corrected chi connectivity index (χ0v) is 14.6. The molecule has 0 aliphatic rings. The van der Waals surface area contributed by atoms with Crippen LogP contribution in [0.25, 0.3) is 10.9 Å². The summed E-state index contributed by atoms with van der Waals surface area (Å²) in [5.74, 6) is -1.90. The van der Waals surface area contributed by atoms with E-state index >= 15 is 0 Å². The quantitative estimate of drug-likeness (QED) is 0.517. The molecule has 0 amide bonds. The van der Waals surface area contributed by atoms with Crippen molar-refractivity contribution < 1.29 is 14.3 Å². The molecule has 2 aromatic heterocycles. The Labute approximate surface area is 152 Å². The second-order valence-electron chi connectivity index (χ2n) is 5.85. The van der Waals surface area contributed by atoms with Gasteiger partial charge in [0.1, 0.15) is 17.1 Å². The van der Waals surface area contributed by atoms with Crippen LogP contribution in [0.1, 0.15) is 20.8 Å². The summed E-state index contributed by atoms with van der Waals surface area (Å²) in [7, 11) is 2.56. The molecule has 0 atom stereocenters. The first-order valence-corrected chi connectivity index (χ1v) is 7.93. The van der Waals surface area contributed by atoms with Gasteiger partial charge in [0.25, 0.3) is 5.56 Å². The molecular weight excluding hydrogens is 352 g/mol. The van der Waals surface area contributed by atoms with E-state index in [1.807, 2.05) is 12.1 Å². The predicted octanol–water partition coefficient (Wildman–Crippen LogP) is 0.254. The maximum atomic E-state index is 12.3. The molecule has 1 aromatic carbocycles. The minimum atomic E-state index is -0.847. The molecule has 0 saturated heterocycles. The number of rotatable bonds is 4. The van der Waals surface area contributed by atoms with Gasteiger partial charge in [0.15, 0.2) is 6.61 Å². The van der Waals surface area contributed by atoms with Gasteiger partial charge in [0.05, 0.1) is 5.52 Å². The van der Waals surface area contributed by atoms with Gasteiger partial charge in [-0.05, 0) is 12.1 Å². The van der Waals surface area contributed by atoms with Crippen molar-refractivity contribution in [3.8, 4) is 0 Å². The van der Waals surface area contributed by atoms with Crippen LogP contribution in [-0.2, 0) is 18.8 Å². The van der Waals surface area contributed by atoms with Gasteiger partial charge in [-0.2, -0.15) is 0 Å². The van der Waals surface area contributed by atoms with Crippen molar-refractivity contribution in [2.75, 3.05) is 12.3 Å². The first-order chi connectivity index (χ1) is 12.8. The van der Waals surface area contributed by atoms with Gasteiger partial charge < -0.3 is 10.5 Å².